The average Bonchev–Trinajstić information content (AvgIpc) is 2.82. The second-order valence-corrected chi connectivity index (χ2v) is 4.67. The van der Waals surface area contributed by atoms with Crippen molar-refractivity contribution in [3.63, 3.8) is 0 Å². The van der Waals surface area contributed by atoms with Crippen LogP contribution in [0.25, 0.3) is 0 Å². The second-order valence-electron chi connectivity index (χ2n) is 4.67. The zero-order valence-electron chi connectivity index (χ0n) is 8.32. The Morgan fingerprint density at radius 3 is 2.80 bits per heavy atom. The molecule has 1 spiro atoms. The van der Waals surface area contributed by atoms with Gasteiger partial charge in [-0.25, -0.2) is 4.79 Å². The van der Waals surface area contributed by atoms with E-state index < -0.39 is 11.5 Å². The summed E-state index contributed by atoms with van der Waals surface area (Å²) in [7, 11) is 0. The summed E-state index contributed by atoms with van der Waals surface area (Å²) in [6, 6.07) is 1.83. The fraction of sp³-hybridized carbons (Fsp3) is 0.545. The minimum Gasteiger partial charge on any atom is -0.480 e. The van der Waals surface area contributed by atoms with Gasteiger partial charge < -0.3 is 15.3 Å². The number of carboxylic acids is 1. The van der Waals surface area contributed by atoms with Crippen LogP contribution in [0.5, 0.6) is 0 Å². The lowest BCUT2D eigenvalue weighted by atomic mass is 9.70. The lowest BCUT2D eigenvalue weighted by Crippen LogP contribution is -2.54. The Bertz CT molecular complexity index is 433. The molecule has 4 nitrogen and oxygen atoms in total. The third kappa shape index (κ3) is 0.880. The first-order valence-electron chi connectivity index (χ1n) is 5.19. The van der Waals surface area contributed by atoms with E-state index in [1.165, 1.54) is 6.26 Å². The minimum atomic E-state index is -1.30. The molecule has 2 aliphatic carbocycles. The fourth-order valence-electron chi connectivity index (χ4n) is 2.81. The predicted octanol–water partition coefficient (Wildman–Crippen LogP) is 1.24. The third-order valence-corrected chi connectivity index (χ3v) is 4.01. The average molecular weight is 207 g/mol. The topological polar surface area (TPSA) is 76.5 Å². The molecule has 0 aromatic carbocycles. The van der Waals surface area contributed by atoms with Crippen LogP contribution in [0.1, 0.15) is 30.6 Å². The number of aryl methyl sites for hydroxylation is 1. The highest BCUT2D eigenvalue weighted by molar-refractivity contribution is 5.82. The molecule has 0 bridgehead atoms. The molecule has 0 amide bonds. The summed E-state index contributed by atoms with van der Waals surface area (Å²) >= 11 is 0. The van der Waals surface area contributed by atoms with Gasteiger partial charge in [-0.05, 0) is 37.3 Å². The van der Waals surface area contributed by atoms with Gasteiger partial charge in [0.2, 0.25) is 0 Å². The Morgan fingerprint density at radius 2 is 2.20 bits per heavy atom. The van der Waals surface area contributed by atoms with E-state index in [9.17, 15) is 9.90 Å². The molecular weight excluding hydrogens is 194 g/mol. The molecule has 0 radical (unpaired) electrons. The molecule has 1 aromatic heterocycles. The standard InChI is InChI=1S/C11H13NO3/c12-11(9(13)14)8-7(2-6-15-8)1-3-10(11)4-5-10/h2,6H,1,3-5,12H2,(H,13,14). The molecule has 4 heteroatoms. The van der Waals surface area contributed by atoms with Crippen LogP contribution < -0.4 is 5.73 Å². The molecule has 1 heterocycles. The van der Waals surface area contributed by atoms with E-state index in [0.29, 0.717) is 5.76 Å². The Hall–Kier alpha value is -1.29. The van der Waals surface area contributed by atoms with Crippen molar-refractivity contribution in [3.8, 4) is 0 Å². The molecule has 1 aromatic rings. The van der Waals surface area contributed by atoms with E-state index in [4.69, 9.17) is 10.2 Å². The van der Waals surface area contributed by atoms with Crippen molar-refractivity contribution in [3.05, 3.63) is 23.7 Å². The zero-order valence-corrected chi connectivity index (χ0v) is 8.32. The number of aliphatic carboxylic acids is 1. The van der Waals surface area contributed by atoms with Gasteiger partial charge in [-0.15, -0.1) is 0 Å². The van der Waals surface area contributed by atoms with Crippen LogP contribution in [0.15, 0.2) is 16.7 Å². The number of carboxylic acid groups (broad SMARTS) is 1. The van der Waals surface area contributed by atoms with Crippen molar-refractivity contribution in [2.45, 2.75) is 31.2 Å². The smallest absolute Gasteiger partial charge is 0.332 e. The first kappa shape index (κ1) is 8.97. The number of fused-ring (bicyclic) bond motifs is 1. The Kier molecular flexibility index (Phi) is 1.46. The summed E-state index contributed by atoms with van der Waals surface area (Å²) in [6.45, 7) is 0. The summed E-state index contributed by atoms with van der Waals surface area (Å²) in [5, 5.41) is 9.35. The van der Waals surface area contributed by atoms with Crippen LogP contribution in [0.3, 0.4) is 0 Å². The first-order chi connectivity index (χ1) is 7.10. The number of hydrogen-bond acceptors (Lipinski definition) is 3. The monoisotopic (exact) mass is 207 g/mol. The predicted molar refractivity (Wildman–Crippen MR) is 52.2 cm³/mol. The lowest BCUT2D eigenvalue weighted by molar-refractivity contribution is -0.148. The fourth-order valence-corrected chi connectivity index (χ4v) is 2.81. The van der Waals surface area contributed by atoms with Crippen LogP contribution in [0.4, 0.5) is 0 Å². The van der Waals surface area contributed by atoms with E-state index in [2.05, 4.69) is 0 Å². The third-order valence-electron chi connectivity index (χ3n) is 4.01. The van der Waals surface area contributed by atoms with Crippen molar-refractivity contribution >= 4 is 5.97 Å². The van der Waals surface area contributed by atoms with Crippen LogP contribution in [-0.2, 0) is 16.8 Å². The molecule has 1 saturated carbocycles. The molecule has 15 heavy (non-hydrogen) atoms. The largest absolute Gasteiger partial charge is 0.480 e. The zero-order chi connectivity index (χ0) is 10.7. The Labute approximate surface area is 87.1 Å². The van der Waals surface area contributed by atoms with Gasteiger partial charge in [-0.1, -0.05) is 0 Å². The molecule has 2 aliphatic rings. The molecular formula is C11H13NO3. The van der Waals surface area contributed by atoms with Gasteiger partial charge in [-0.2, -0.15) is 0 Å². The van der Waals surface area contributed by atoms with Gasteiger partial charge in [0, 0.05) is 5.41 Å². The first-order valence-corrected chi connectivity index (χ1v) is 5.19. The van der Waals surface area contributed by atoms with Crippen molar-refractivity contribution in [2.24, 2.45) is 11.1 Å². The van der Waals surface area contributed by atoms with Gasteiger partial charge in [0.05, 0.1) is 6.26 Å². The highest BCUT2D eigenvalue weighted by atomic mass is 16.4. The van der Waals surface area contributed by atoms with Crippen LogP contribution >= 0.6 is 0 Å². The summed E-state index contributed by atoms with van der Waals surface area (Å²) in [6.07, 6.45) is 5.09. The molecule has 1 unspecified atom stereocenters. The van der Waals surface area contributed by atoms with E-state index in [1.807, 2.05) is 6.07 Å². The van der Waals surface area contributed by atoms with Crippen molar-refractivity contribution < 1.29 is 14.3 Å². The minimum absolute atomic E-state index is 0.246. The van der Waals surface area contributed by atoms with Crippen molar-refractivity contribution in [2.75, 3.05) is 0 Å². The number of nitrogens with two attached hydrogens (primary N) is 1. The van der Waals surface area contributed by atoms with Gasteiger partial charge in [-0.3, -0.25) is 0 Å². The molecule has 0 aliphatic heterocycles. The SMILES string of the molecule is NC1(C(=O)O)c2occc2CCC12CC2. The number of rotatable bonds is 1. The van der Waals surface area contributed by atoms with Crippen molar-refractivity contribution in [1.29, 1.82) is 0 Å². The normalized spacial score (nSPS) is 31.3. The maximum atomic E-state index is 11.4. The van der Waals surface area contributed by atoms with Gasteiger partial charge in [0.1, 0.15) is 5.76 Å². The second kappa shape index (κ2) is 2.44. The quantitative estimate of drug-likeness (QED) is 0.726. The maximum absolute atomic E-state index is 11.4. The summed E-state index contributed by atoms with van der Waals surface area (Å²) in [5.41, 5.74) is 5.51. The molecule has 80 valence electrons. The van der Waals surface area contributed by atoms with Gasteiger partial charge >= 0.3 is 5.97 Å². The van der Waals surface area contributed by atoms with E-state index >= 15 is 0 Å². The number of furan rings is 1. The molecule has 3 N–H and O–H groups in total. The summed E-state index contributed by atoms with van der Waals surface area (Å²) < 4.78 is 5.30. The van der Waals surface area contributed by atoms with Gasteiger partial charge in [0.15, 0.2) is 5.54 Å². The number of hydrogen-bond donors (Lipinski definition) is 2. The molecule has 3 rings (SSSR count). The van der Waals surface area contributed by atoms with E-state index in [-0.39, 0.29) is 5.41 Å². The van der Waals surface area contributed by atoms with E-state index in [0.717, 1.165) is 31.2 Å². The van der Waals surface area contributed by atoms with Crippen molar-refractivity contribution in [1.82, 2.24) is 0 Å². The van der Waals surface area contributed by atoms with Crippen LogP contribution in [0, 0.1) is 5.41 Å². The summed E-state index contributed by atoms with van der Waals surface area (Å²) in [4.78, 5) is 11.4. The van der Waals surface area contributed by atoms with E-state index in [1.54, 1.807) is 0 Å². The van der Waals surface area contributed by atoms with Gasteiger partial charge in [0.25, 0.3) is 0 Å². The highest BCUT2D eigenvalue weighted by Crippen LogP contribution is 2.62. The van der Waals surface area contributed by atoms with Crippen LogP contribution in [0.2, 0.25) is 0 Å². The highest BCUT2D eigenvalue weighted by Gasteiger charge is 2.66. The summed E-state index contributed by atoms with van der Waals surface area (Å²) in [5.74, 6) is -0.491. The number of carbonyl (C=O) groups is 1. The lowest BCUT2D eigenvalue weighted by Gasteiger charge is -2.36. The Balaban J connectivity index is 2.21. The maximum Gasteiger partial charge on any atom is 0.332 e. The molecule has 1 atom stereocenters. The molecule has 1 fully saturated rings. The Morgan fingerprint density at radius 1 is 1.47 bits per heavy atom. The van der Waals surface area contributed by atoms with Crippen LogP contribution in [-0.4, -0.2) is 11.1 Å². The molecule has 0 saturated heterocycles.